The van der Waals surface area contributed by atoms with Gasteiger partial charge in [-0.25, -0.2) is 19.5 Å². The number of carbonyl (C=O) groups is 1. The summed E-state index contributed by atoms with van der Waals surface area (Å²) in [5, 5.41) is 13.5. The molecule has 0 radical (unpaired) electrons. The Bertz CT molecular complexity index is 1470. The second kappa shape index (κ2) is 7.09. The highest BCUT2D eigenvalue weighted by molar-refractivity contribution is 6.37. The predicted molar refractivity (Wildman–Crippen MR) is 116 cm³/mol. The van der Waals surface area contributed by atoms with Crippen LogP contribution in [0.25, 0.3) is 10.9 Å². The van der Waals surface area contributed by atoms with E-state index < -0.39 is 5.91 Å². The summed E-state index contributed by atoms with van der Waals surface area (Å²) in [6.45, 7) is 0. The standard InChI is InChI=1S/C22H12Cl2N4O2/c23-12-9-10-13(15(24)11-12)20(29)28-18-8-4-1-5-14(18)19(21(28)30)27-22-25-16-6-2-3-7-17(16)26-22/h1-11,30H. The van der Waals surface area contributed by atoms with E-state index in [1.54, 1.807) is 30.3 Å². The van der Waals surface area contributed by atoms with E-state index >= 15 is 0 Å². The fraction of sp³-hybridized carbons (Fsp3) is 0. The van der Waals surface area contributed by atoms with Crippen LogP contribution in [0.15, 0.2) is 81.7 Å². The number of hydrogen-bond donors (Lipinski definition) is 1. The zero-order valence-electron chi connectivity index (χ0n) is 15.3. The maximum atomic E-state index is 13.2. The van der Waals surface area contributed by atoms with E-state index in [2.05, 4.69) is 15.0 Å². The van der Waals surface area contributed by atoms with Crippen LogP contribution in [0.1, 0.15) is 10.4 Å². The van der Waals surface area contributed by atoms with E-state index in [9.17, 15) is 9.90 Å². The van der Waals surface area contributed by atoms with Crippen molar-refractivity contribution in [3.8, 4) is 5.88 Å². The molecule has 3 aromatic carbocycles. The van der Waals surface area contributed by atoms with E-state index in [-0.39, 0.29) is 28.1 Å². The lowest BCUT2D eigenvalue weighted by atomic mass is 10.2. The minimum atomic E-state index is -0.500. The average molecular weight is 435 g/mol. The molecule has 6 nitrogen and oxygen atoms in total. The van der Waals surface area contributed by atoms with Gasteiger partial charge in [-0.05, 0) is 36.4 Å². The van der Waals surface area contributed by atoms with Gasteiger partial charge in [0.05, 0.1) is 26.8 Å². The minimum Gasteiger partial charge on any atom is -0.493 e. The van der Waals surface area contributed by atoms with Gasteiger partial charge in [0.15, 0.2) is 0 Å². The molecule has 0 fully saturated rings. The molecule has 2 heterocycles. The summed E-state index contributed by atoms with van der Waals surface area (Å²) in [5.74, 6) is -0.618. The molecule has 30 heavy (non-hydrogen) atoms. The molecule has 5 rings (SSSR count). The summed E-state index contributed by atoms with van der Waals surface area (Å²) in [4.78, 5) is 26.4. The quantitative estimate of drug-likeness (QED) is 0.510. The van der Waals surface area contributed by atoms with E-state index in [1.165, 1.54) is 16.7 Å². The van der Waals surface area contributed by atoms with Crippen LogP contribution in [-0.2, 0) is 0 Å². The Morgan fingerprint density at radius 2 is 1.60 bits per heavy atom. The highest BCUT2D eigenvalue weighted by atomic mass is 35.5. The fourth-order valence-electron chi connectivity index (χ4n) is 3.35. The Balaban J connectivity index is 1.71. The first-order valence-corrected chi connectivity index (χ1v) is 9.72. The number of rotatable bonds is 2. The van der Waals surface area contributed by atoms with E-state index in [0.29, 0.717) is 26.6 Å². The molecular formula is C22H12Cl2N4O2. The number of guanidine groups is 1. The molecule has 4 aromatic rings. The molecule has 0 saturated heterocycles. The molecule has 0 unspecified atom stereocenters. The summed E-state index contributed by atoms with van der Waals surface area (Å²) in [6.07, 6.45) is 0. The second-order valence-electron chi connectivity index (χ2n) is 6.58. The number of fused-ring (bicyclic) bond motifs is 2. The number of benzene rings is 3. The summed E-state index contributed by atoms with van der Waals surface area (Å²) in [6, 6.07) is 19.0. The van der Waals surface area contributed by atoms with Crippen LogP contribution in [0, 0.1) is 0 Å². The zero-order valence-corrected chi connectivity index (χ0v) is 16.8. The van der Waals surface area contributed by atoms with Crippen LogP contribution < -0.4 is 10.7 Å². The van der Waals surface area contributed by atoms with Gasteiger partial charge in [0, 0.05) is 10.4 Å². The normalized spacial score (nSPS) is 12.4. The second-order valence-corrected chi connectivity index (χ2v) is 7.42. The van der Waals surface area contributed by atoms with Gasteiger partial charge >= 0.3 is 0 Å². The lowest BCUT2D eigenvalue weighted by Gasteiger charge is -2.07. The molecule has 1 aromatic heterocycles. The van der Waals surface area contributed by atoms with Gasteiger partial charge in [0.2, 0.25) is 5.88 Å². The first kappa shape index (κ1) is 18.5. The van der Waals surface area contributed by atoms with Crippen LogP contribution in [0.5, 0.6) is 5.88 Å². The number of para-hydroxylation sites is 3. The van der Waals surface area contributed by atoms with Crippen molar-refractivity contribution in [3.63, 3.8) is 0 Å². The lowest BCUT2D eigenvalue weighted by Crippen LogP contribution is -2.19. The third-order valence-corrected chi connectivity index (χ3v) is 5.27. The Morgan fingerprint density at radius 3 is 2.30 bits per heavy atom. The number of halogens is 2. The Hall–Kier alpha value is -3.48. The molecule has 0 atom stereocenters. The number of aliphatic imine (C=N–C) groups is 1. The molecule has 1 aliphatic rings. The van der Waals surface area contributed by atoms with Crippen molar-refractivity contribution in [1.29, 1.82) is 0 Å². The topological polar surface area (TPSA) is 79.3 Å². The van der Waals surface area contributed by atoms with Gasteiger partial charge in [0.1, 0.15) is 5.69 Å². The van der Waals surface area contributed by atoms with Gasteiger partial charge < -0.3 is 5.11 Å². The number of aromatic nitrogens is 1. The fourth-order valence-corrected chi connectivity index (χ4v) is 3.84. The molecule has 1 N–H and O–H groups in total. The zero-order chi connectivity index (χ0) is 20.8. The van der Waals surface area contributed by atoms with Crippen LogP contribution >= 0.6 is 23.2 Å². The van der Waals surface area contributed by atoms with Gasteiger partial charge in [-0.3, -0.25) is 4.79 Å². The Labute approximate surface area is 180 Å². The summed E-state index contributed by atoms with van der Waals surface area (Å²) in [7, 11) is 0. The van der Waals surface area contributed by atoms with Crippen LogP contribution in [0.4, 0.5) is 5.69 Å². The van der Waals surface area contributed by atoms with Crippen LogP contribution in [0.3, 0.4) is 0 Å². The molecule has 8 heteroatoms. The molecule has 0 spiro atoms. The first-order valence-electron chi connectivity index (χ1n) is 8.96. The van der Waals surface area contributed by atoms with E-state index in [4.69, 9.17) is 23.2 Å². The Morgan fingerprint density at radius 1 is 0.933 bits per heavy atom. The van der Waals surface area contributed by atoms with Crippen molar-refractivity contribution in [3.05, 3.63) is 93.1 Å². The number of aromatic hydroxyl groups is 1. The van der Waals surface area contributed by atoms with E-state index in [1.807, 2.05) is 24.3 Å². The highest BCUT2D eigenvalue weighted by Crippen LogP contribution is 2.39. The third kappa shape index (κ3) is 2.98. The highest BCUT2D eigenvalue weighted by Gasteiger charge is 2.24. The molecule has 1 aliphatic heterocycles. The molecule has 0 bridgehead atoms. The van der Waals surface area contributed by atoms with Crippen molar-refractivity contribution in [1.82, 2.24) is 4.57 Å². The molecule has 146 valence electrons. The maximum Gasteiger partial charge on any atom is 0.266 e. The number of carbonyl (C=O) groups excluding carboxylic acids is 1. The smallest absolute Gasteiger partial charge is 0.266 e. The monoisotopic (exact) mass is 434 g/mol. The van der Waals surface area contributed by atoms with Gasteiger partial charge in [-0.15, -0.1) is 0 Å². The van der Waals surface area contributed by atoms with Crippen LogP contribution in [0.2, 0.25) is 10.0 Å². The average Bonchev–Trinajstić information content (AvgIpc) is 3.26. The third-order valence-electron chi connectivity index (χ3n) is 4.72. The van der Waals surface area contributed by atoms with Crippen molar-refractivity contribution in [2.45, 2.75) is 0 Å². The largest absolute Gasteiger partial charge is 0.493 e. The lowest BCUT2D eigenvalue weighted by molar-refractivity contribution is 0.0957. The van der Waals surface area contributed by atoms with Gasteiger partial charge in [0.25, 0.3) is 11.9 Å². The summed E-state index contributed by atoms with van der Waals surface area (Å²) < 4.78 is 1.17. The molecule has 0 amide bonds. The van der Waals surface area contributed by atoms with Gasteiger partial charge in [-0.2, -0.15) is 0 Å². The SMILES string of the molecule is O=C(c1ccc(Cl)cc1Cl)n1c(O)c(N=C2N=c3ccccc3=N2)c2ccccc21. The number of nitrogens with zero attached hydrogens (tertiary/aromatic N) is 4. The first-order chi connectivity index (χ1) is 14.5. The summed E-state index contributed by atoms with van der Waals surface area (Å²) in [5.41, 5.74) is 0.902. The minimum absolute atomic E-state index is 0.189. The molecule has 0 aliphatic carbocycles. The molecule has 0 saturated carbocycles. The van der Waals surface area contributed by atoms with E-state index in [0.717, 1.165) is 0 Å². The van der Waals surface area contributed by atoms with Crippen LogP contribution in [-0.4, -0.2) is 21.5 Å². The number of hydrogen-bond acceptors (Lipinski definition) is 3. The summed E-state index contributed by atoms with van der Waals surface area (Å²) >= 11 is 12.2. The van der Waals surface area contributed by atoms with Crippen molar-refractivity contribution in [2.75, 3.05) is 0 Å². The Kier molecular flexibility index (Phi) is 4.38. The maximum absolute atomic E-state index is 13.2. The van der Waals surface area contributed by atoms with Crippen molar-refractivity contribution < 1.29 is 9.90 Å². The van der Waals surface area contributed by atoms with Crippen molar-refractivity contribution >= 4 is 51.7 Å². The predicted octanol–water partition coefficient (Wildman–Crippen LogP) is 4.28. The molecular weight excluding hydrogens is 423 g/mol. The van der Waals surface area contributed by atoms with Crippen molar-refractivity contribution in [2.24, 2.45) is 15.0 Å². The van der Waals surface area contributed by atoms with Gasteiger partial charge in [-0.1, -0.05) is 53.5 Å².